The zero-order chi connectivity index (χ0) is 32.8. The van der Waals surface area contributed by atoms with Gasteiger partial charge in [0.25, 0.3) is 5.01 Å². The summed E-state index contributed by atoms with van der Waals surface area (Å²) in [7, 11) is 0. The molecule has 49 heavy (non-hydrogen) atoms. The standard InChI is InChI=1S/C36H36BrN2O6S2.2CH4/c1-24-7-9-29-31(19-24)45-33(39(29)23-25-5-3-2-4-6-25)21-27-35(42)28(36(27)46-18-17-44-16-13-41)22-34-38(11-14-43-15-12-40)30-10-8-26(37)20-32(30)47-34;;/h2-10,19-22,40-41H,11-18,23H2,1H3;2*1H4/q+1;;. The lowest BCUT2D eigenvalue weighted by molar-refractivity contribution is -0.670. The summed E-state index contributed by atoms with van der Waals surface area (Å²) >= 11 is 6.77. The van der Waals surface area contributed by atoms with Gasteiger partial charge in [-0.1, -0.05) is 78.5 Å². The molecule has 260 valence electrons. The van der Waals surface area contributed by atoms with Gasteiger partial charge in [0.1, 0.15) is 11.3 Å². The molecule has 1 aliphatic carbocycles. The van der Waals surface area contributed by atoms with E-state index in [2.05, 4.69) is 61.8 Å². The molecule has 11 heteroatoms. The van der Waals surface area contributed by atoms with Crippen molar-refractivity contribution in [3.63, 3.8) is 0 Å². The number of ether oxygens (including phenoxy) is 3. The lowest BCUT2D eigenvalue weighted by atomic mass is 9.89. The number of nitrogens with zero attached hydrogens (tertiary/aromatic N) is 2. The molecular weight excluding hydrogens is 724 g/mol. The van der Waals surface area contributed by atoms with Crippen LogP contribution in [0.3, 0.4) is 0 Å². The number of allylic oxidation sites excluding steroid dienone is 3. The fourth-order valence-electron chi connectivity index (χ4n) is 5.46. The van der Waals surface area contributed by atoms with Gasteiger partial charge in [-0.05, 0) is 42.3 Å². The van der Waals surface area contributed by atoms with Crippen molar-refractivity contribution >= 4 is 66.8 Å². The van der Waals surface area contributed by atoms with Crippen molar-refractivity contribution in [2.24, 2.45) is 0 Å². The molecule has 0 spiro atoms. The maximum atomic E-state index is 14.0. The van der Waals surface area contributed by atoms with Crippen molar-refractivity contribution in [3.05, 3.63) is 115 Å². The summed E-state index contributed by atoms with van der Waals surface area (Å²) in [6.45, 7) is 4.57. The molecule has 1 aromatic heterocycles. The Hall–Kier alpha value is -3.29. The van der Waals surface area contributed by atoms with Crippen LogP contribution in [0.1, 0.15) is 31.0 Å². The molecule has 0 amide bonds. The van der Waals surface area contributed by atoms with E-state index >= 15 is 0 Å². The van der Waals surface area contributed by atoms with E-state index < -0.39 is 0 Å². The van der Waals surface area contributed by atoms with Crippen LogP contribution in [-0.2, 0) is 27.4 Å². The highest BCUT2D eigenvalue weighted by Crippen LogP contribution is 2.45. The highest BCUT2D eigenvalue weighted by atomic mass is 79.9. The molecule has 0 radical (unpaired) electrons. The minimum atomic E-state index is -0.0478. The number of aliphatic hydroxyl groups excluding tert-OH is 2. The van der Waals surface area contributed by atoms with Gasteiger partial charge < -0.3 is 29.3 Å². The van der Waals surface area contributed by atoms with Gasteiger partial charge in [0, 0.05) is 44.5 Å². The van der Waals surface area contributed by atoms with E-state index in [-0.39, 0.29) is 47.1 Å². The Bertz CT molecular complexity index is 1850. The lowest BCUT2D eigenvalue weighted by Gasteiger charge is -2.25. The fraction of sp³-hybridized carbons (Fsp3) is 0.316. The van der Waals surface area contributed by atoms with Gasteiger partial charge in [-0.2, -0.15) is 4.57 Å². The molecule has 6 rings (SSSR count). The third kappa shape index (κ3) is 8.90. The van der Waals surface area contributed by atoms with E-state index in [0.717, 1.165) is 47.2 Å². The maximum absolute atomic E-state index is 14.0. The first-order valence-corrected chi connectivity index (χ1v) is 18.0. The van der Waals surface area contributed by atoms with Crippen LogP contribution in [0, 0.1) is 6.92 Å². The molecule has 2 aliphatic rings. The Balaban J connectivity index is 0.00000270. The van der Waals surface area contributed by atoms with Gasteiger partial charge in [0.05, 0.1) is 45.3 Å². The zero-order valence-corrected chi connectivity index (χ0v) is 29.2. The van der Waals surface area contributed by atoms with Crippen LogP contribution >= 0.6 is 39.0 Å². The highest BCUT2D eigenvalue weighted by Gasteiger charge is 2.37. The minimum absolute atomic E-state index is 0. The summed E-state index contributed by atoms with van der Waals surface area (Å²) in [5.74, 6) is 1.94. The monoisotopic (exact) mass is 767 g/mol. The van der Waals surface area contributed by atoms with E-state index in [1.165, 1.54) is 0 Å². The molecule has 0 unspecified atom stereocenters. The first kappa shape index (κ1) is 38.5. The van der Waals surface area contributed by atoms with Crippen LogP contribution in [0.15, 0.2) is 99.2 Å². The van der Waals surface area contributed by atoms with E-state index in [4.69, 9.17) is 24.4 Å². The Morgan fingerprint density at radius 3 is 2.47 bits per heavy atom. The third-order valence-electron chi connectivity index (χ3n) is 7.68. The van der Waals surface area contributed by atoms with E-state index in [9.17, 15) is 4.79 Å². The molecule has 3 aromatic carbocycles. The van der Waals surface area contributed by atoms with Crippen LogP contribution in [-0.4, -0.2) is 61.4 Å². The molecule has 2 heterocycles. The molecule has 0 saturated heterocycles. The molecule has 0 atom stereocenters. The average molecular weight is 769 g/mol. The number of benzene rings is 3. The van der Waals surface area contributed by atoms with Gasteiger partial charge in [-0.3, -0.25) is 4.79 Å². The quantitative estimate of drug-likeness (QED) is 0.0733. The number of aromatic nitrogens is 1. The van der Waals surface area contributed by atoms with Gasteiger partial charge in [-0.25, -0.2) is 0 Å². The normalized spacial score (nSPS) is 15.3. The predicted octanol–water partition coefficient (Wildman–Crippen LogP) is 7.44. The number of hydrogen-bond donors (Lipinski definition) is 2. The first-order valence-electron chi connectivity index (χ1n) is 15.4. The number of anilines is 1. The smallest absolute Gasteiger partial charge is 0.263 e. The number of aryl methyl sites for hydroxylation is 1. The number of Topliss-reactive ketones (excluding diaryl/α,β-unsaturated/α-hetero) is 1. The summed E-state index contributed by atoms with van der Waals surface area (Å²) in [4.78, 5) is 17.0. The number of thiazole rings is 1. The topological polar surface area (TPSA) is 92.3 Å². The van der Waals surface area contributed by atoms with Crippen molar-refractivity contribution in [1.82, 2.24) is 0 Å². The van der Waals surface area contributed by atoms with Crippen LogP contribution < -0.4 is 14.2 Å². The Morgan fingerprint density at radius 1 is 0.959 bits per heavy atom. The molecule has 1 aliphatic heterocycles. The zero-order valence-electron chi connectivity index (χ0n) is 26.0. The number of carbonyl (C=O) groups excluding carboxylic acids is 1. The maximum Gasteiger partial charge on any atom is 0.263 e. The number of ketones is 1. The van der Waals surface area contributed by atoms with E-state index in [1.807, 2.05) is 49.4 Å². The number of thioether (sulfide) groups is 1. The number of aliphatic hydroxyl groups is 2. The van der Waals surface area contributed by atoms with Crippen molar-refractivity contribution in [3.8, 4) is 5.75 Å². The summed E-state index contributed by atoms with van der Waals surface area (Å²) in [6, 6.07) is 22.5. The molecule has 4 aromatic rings. The second kappa shape index (κ2) is 18.1. The van der Waals surface area contributed by atoms with Gasteiger partial charge in [0.2, 0.25) is 11.4 Å². The van der Waals surface area contributed by atoms with Crippen LogP contribution in [0.4, 0.5) is 5.69 Å². The molecule has 2 N–H and O–H groups in total. The van der Waals surface area contributed by atoms with Gasteiger partial charge >= 0.3 is 0 Å². The first-order chi connectivity index (χ1) is 23.0. The molecule has 0 saturated carbocycles. The number of rotatable bonds is 15. The molecule has 0 fully saturated rings. The van der Waals surface area contributed by atoms with Crippen molar-refractivity contribution in [2.75, 3.05) is 50.3 Å². The van der Waals surface area contributed by atoms with Crippen molar-refractivity contribution in [1.29, 1.82) is 0 Å². The minimum Gasteiger partial charge on any atom is -0.439 e. The highest BCUT2D eigenvalue weighted by molar-refractivity contribution is 9.10. The summed E-state index contributed by atoms with van der Waals surface area (Å²) < 4.78 is 21.8. The van der Waals surface area contributed by atoms with Crippen molar-refractivity contribution < 1.29 is 33.8 Å². The number of carbonyl (C=O) groups is 1. The number of fused-ring (bicyclic) bond motifs is 2. The molecular formula is C38H44BrN2O6S2+. The van der Waals surface area contributed by atoms with Gasteiger partial charge in [-0.15, -0.1) is 11.8 Å². The summed E-state index contributed by atoms with van der Waals surface area (Å²) in [5.41, 5.74) is 5.47. The fourth-order valence-corrected chi connectivity index (χ4v) is 8.16. The van der Waals surface area contributed by atoms with Crippen molar-refractivity contribution in [2.45, 2.75) is 34.9 Å². The summed E-state index contributed by atoms with van der Waals surface area (Å²) in [5, 5.41) is 19.2. The lowest BCUT2D eigenvalue weighted by Crippen LogP contribution is -2.38. The van der Waals surface area contributed by atoms with Gasteiger partial charge in [0.15, 0.2) is 18.1 Å². The summed E-state index contributed by atoms with van der Waals surface area (Å²) in [6.07, 6.45) is 3.84. The largest absolute Gasteiger partial charge is 0.439 e. The second-order valence-corrected chi connectivity index (χ2v) is 14.1. The molecule has 0 bridgehead atoms. The Labute approximate surface area is 305 Å². The molecule has 8 nitrogen and oxygen atoms in total. The Morgan fingerprint density at radius 2 is 1.71 bits per heavy atom. The average Bonchev–Trinajstić information content (AvgIpc) is 3.59. The SMILES string of the molecule is C.C.Cc1ccc2c(c1)O/C(=C/C1=C(SCCOCCO)C(=C\c3sc4cc(Br)ccc4[n+]3CCOCCO)/C1=O)N2Cc1ccccc1. The van der Waals surface area contributed by atoms with Crippen LogP contribution in [0.2, 0.25) is 0 Å². The third-order valence-corrected chi connectivity index (χ3v) is 10.4. The van der Waals surface area contributed by atoms with Crippen LogP contribution in [0.25, 0.3) is 16.3 Å². The predicted molar refractivity (Wildman–Crippen MR) is 204 cm³/mol. The van der Waals surface area contributed by atoms with Crippen LogP contribution in [0.5, 0.6) is 5.75 Å². The number of halogens is 1. The second-order valence-electron chi connectivity index (χ2n) is 11.0. The van der Waals surface area contributed by atoms with E-state index in [1.54, 1.807) is 23.1 Å². The Kier molecular flexibility index (Phi) is 14.2. The number of hydrogen-bond acceptors (Lipinski definition) is 9. The van der Waals surface area contributed by atoms with E-state index in [0.29, 0.717) is 49.1 Å².